The number of amides is 1. The molecule has 1 aliphatic heterocycles. The van der Waals surface area contributed by atoms with E-state index in [-0.39, 0.29) is 5.60 Å². The van der Waals surface area contributed by atoms with Gasteiger partial charge in [-0.05, 0) is 32.0 Å². The van der Waals surface area contributed by atoms with Gasteiger partial charge >= 0.3 is 6.09 Å². The van der Waals surface area contributed by atoms with Crippen LogP contribution >= 0.6 is 0 Å². The van der Waals surface area contributed by atoms with Crippen molar-refractivity contribution in [1.29, 1.82) is 0 Å². The number of ether oxygens (including phenoxy) is 2. The molecule has 0 spiro atoms. The molecule has 0 aromatic heterocycles. The quantitative estimate of drug-likeness (QED) is 0.790. The first-order chi connectivity index (χ1) is 7.50. The third kappa shape index (κ3) is 2.10. The standard InChI is InChI=1S/C12H15NO3/c1-12(2)7-8-6-9(15-11(14)13-3)4-5-10(8)16-12/h4-6H,7H2,1-3H3,(H,13,14). The van der Waals surface area contributed by atoms with E-state index in [0.717, 1.165) is 17.7 Å². The Morgan fingerprint density at radius 2 is 2.25 bits per heavy atom. The molecule has 1 aliphatic rings. The highest BCUT2D eigenvalue weighted by Crippen LogP contribution is 2.36. The van der Waals surface area contributed by atoms with Crippen molar-refractivity contribution in [3.05, 3.63) is 23.8 Å². The molecule has 0 saturated carbocycles. The van der Waals surface area contributed by atoms with Gasteiger partial charge < -0.3 is 14.8 Å². The highest BCUT2D eigenvalue weighted by atomic mass is 16.6. The predicted octanol–water partition coefficient (Wildman–Crippen LogP) is 2.12. The van der Waals surface area contributed by atoms with Crippen molar-refractivity contribution >= 4 is 6.09 Å². The lowest BCUT2D eigenvalue weighted by molar-refractivity contribution is 0.138. The average Bonchev–Trinajstić information content (AvgIpc) is 2.51. The van der Waals surface area contributed by atoms with E-state index >= 15 is 0 Å². The number of hydrogen-bond donors (Lipinski definition) is 1. The second kappa shape index (κ2) is 3.70. The van der Waals surface area contributed by atoms with Gasteiger partial charge in [-0.3, -0.25) is 0 Å². The number of carbonyl (C=O) groups excluding carboxylic acids is 1. The first-order valence-corrected chi connectivity index (χ1v) is 5.22. The Labute approximate surface area is 94.6 Å². The van der Waals surface area contributed by atoms with Crippen LogP contribution in [0.4, 0.5) is 4.79 Å². The molecule has 0 bridgehead atoms. The minimum absolute atomic E-state index is 0.173. The molecule has 2 rings (SSSR count). The van der Waals surface area contributed by atoms with Gasteiger partial charge in [-0.15, -0.1) is 0 Å². The summed E-state index contributed by atoms with van der Waals surface area (Å²) < 4.78 is 10.8. The van der Waals surface area contributed by atoms with Gasteiger partial charge in [0.1, 0.15) is 17.1 Å². The molecule has 86 valence electrons. The first kappa shape index (κ1) is 10.8. The van der Waals surface area contributed by atoms with E-state index < -0.39 is 6.09 Å². The van der Waals surface area contributed by atoms with E-state index in [1.165, 1.54) is 7.05 Å². The van der Waals surface area contributed by atoms with Crippen LogP contribution in [0.25, 0.3) is 0 Å². The smallest absolute Gasteiger partial charge is 0.412 e. The van der Waals surface area contributed by atoms with E-state index in [2.05, 4.69) is 5.32 Å². The topological polar surface area (TPSA) is 47.6 Å². The van der Waals surface area contributed by atoms with Crippen LogP contribution in [0.1, 0.15) is 19.4 Å². The van der Waals surface area contributed by atoms with Crippen LogP contribution in [0.2, 0.25) is 0 Å². The number of hydrogen-bond acceptors (Lipinski definition) is 3. The van der Waals surface area contributed by atoms with Gasteiger partial charge in [-0.1, -0.05) is 0 Å². The molecule has 0 unspecified atom stereocenters. The van der Waals surface area contributed by atoms with Crippen LogP contribution in [-0.2, 0) is 6.42 Å². The van der Waals surface area contributed by atoms with Gasteiger partial charge in [-0.25, -0.2) is 4.79 Å². The summed E-state index contributed by atoms with van der Waals surface area (Å²) in [7, 11) is 1.53. The molecule has 1 amide bonds. The zero-order valence-corrected chi connectivity index (χ0v) is 9.66. The zero-order chi connectivity index (χ0) is 11.8. The summed E-state index contributed by atoms with van der Waals surface area (Å²) in [6, 6.07) is 5.41. The molecule has 0 saturated heterocycles. The maximum atomic E-state index is 11.0. The molecule has 1 N–H and O–H groups in total. The summed E-state index contributed by atoms with van der Waals surface area (Å²) in [6.45, 7) is 4.07. The molecule has 0 atom stereocenters. The van der Waals surface area contributed by atoms with Gasteiger partial charge in [0.15, 0.2) is 0 Å². The molecule has 0 fully saturated rings. The number of carbonyl (C=O) groups is 1. The average molecular weight is 221 g/mol. The number of fused-ring (bicyclic) bond motifs is 1. The monoisotopic (exact) mass is 221 g/mol. The highest BCUT2D eigenvalue weighted by Gasteiger charge is 2.30. The van der Waals surface area contributed by atoms with Gasteiger partial charge in [0, 0.05) is 19.0 Å². The fourth-order valence-corrected chi connectivity index (χ4v) is 1.81. The van der Waals surface area contributed by atoms with E-state index in [4.69, 9.17) is 9.47 Å². The third-order valence-electron chi connectivity index (χ3n) is 2.45. The molecule has 1 aromatic carbocycles. The Bertz CT molecular complexity index is 426. The van der Waals surface area contributed by atoms with Crippen LogP contribution < -0.4 is 14.8 Å². The minimum Gasteiger partial charge on any atom is -0.487 e. The molecule has 4 nitrogen and oxygen atoms in total. The Hall–Kier alpha value is -1.71. The Morgan fingerprint density at radius 1 is 1.50 bits per heavy atom. The van der Waals surface area contributed by atoms with Crippen LogP contribution in [0.15, 0.2) is 18.2 Å². The van der Waals surface area contributed by atoms with Crippen LogP contribution in [-0.4, -0.2) is 18.7 Å². The highest BCUT2D eigenvalue weighted by molar-refractivity contribution is 5.70. The van der Waals surface area contributed by atoms with E-state index in [1.54, 1.807) is 6.07 Å². The lowest BCUT2D eigenvalue weighted by atomic mass is 10.0. The van der Waals surface area contributed by atoms with Crippen molar-refractivity contribution in [1.82, 2.24) is 5.32 Å². The molecule has 16 heavy (non-hydrogen) atoms. The zero-order valence-electron chi connectivity index (χ0n) is 9.66. The normalized spacial score (nSPS) is 16.2. The van der Waals surface area contributed by atoms with E-state index in [1.807, 2.05) is 26.0 Å². The van der Waals surface area contributed by atoms with Crippen molar-refractivity contribution in [2.45, 2.75) is 25.9 Å². The third-order valence-corrected chi connectivity index (χ3v) is 2.45. The Morgan fingerprint density at radius 3 is 2.94 bits per heavy atom. The fraction of sp³-hybridized carbons (Fsp3) is 0.417. The Kier molecular flexibility index (Phi) is 2.50. The summed E-state index contributed by atoms with van der Waals surface area (Å²) in [5, 5.41) is 2.41. The van der Waals surface area contributed by atoms with Crippen LogP contribution in [0, 0.1) is 0 Å². The summed E-state index contributed by atoms with van der Waals surface area (Å²) in [5.41, 5.74) is 0.903. The van der Waals surface area contributed by atoms with Crippen LogP contribution in [0.3, 0.4) is 0 Å². The van der Waals surface area contributed by atoms with Crippen molar-refractivity contribution < 1.29 is 14.3 Å². The lowest BCUT2D eigenvalue weighted by Crippen LogP contribution is -2.24. The van der Waals surface area contributed by atoms with Gasteiger partial charge in [0.2, 0.25) is 0 Å². The van der Waals surface area contributed by atoms with Gasteiger partial charge in [0.05, 0.1) is 0 Å². The molecular weight excluding hydrogens is 206 g/mol. The number of nitrogens with one attached hydrogen (secondary N) is 1. The summed E-state index contributed by atoms with van der Waals surface area (Å²) >= 11 is 0. The lowest BCUT2D eigenvalue weighted by Gasteiger charge is -2.16. The summed E-state index contributed by atoms with van der Waals surface area (Å²) in [5.74, 6) is 1.41. The van der Waals surface area contributed by atoms with Gasteiger partial charge in [0.25, 0.3) is 0 Å². The van der Waals surface area contributed by atoms with Crippen molar-refractivity contribution in [2.75, 3.05) is 7.05 Å². The fourth-order valence-electron chi connectivity index (χ4n) is 1.81. The van der Waals surface area contributed by atoms with E-state index in [0.29, 0.717) is 5.75 Å². The molecule has 0 radical (unpaired) electrons. The summed E-state index contributed by atoms with van der Waals surface area (Å²) in [6.07, 6.45) is 0.367. The second-order valence-electron chi connectivity index (χ2n) is 4.45. The van der Waals surface area contributed by atoms with Gasteiger partial charge in [-0.2, -0.15) is 0 Å². The minimum atomic E-state index is -0.460. The molecule has 1 aromatic rings. The second-order valence-corrected chi connectivity index (χ2v) is 4.45. The van der Waals surface area contributed by atoms with Crippen molar-refractivity contribution in [3.8, 4) is 11.5 Å². The number of benzene rings is 1. The molecular formula is C12H15NO3. The first-order valence-electron chi connectivity index (χ1n) is 5.22. The Balaban J connectivity index is 2.19. The van der Waals surface area contributed by atoms with E-state index in [9.17, 15) is 4.79 Å². The van der Waals surface area contributed by atoms with Crippen molar-refractivity contribution in [2.24, 2.45) is 0 Å². The SMILES string of the molecule is CNC(=O)Oc1ccc2c(c1)CC(C)(C)O2. The van der Waals surface area contributed by atoms with Crippen LogP contribution in [0.5, 0.6) is 11.5 Å². The molecule has 4 heteroatoms. The predicted molar refractivity (Wildman–Crippen MR) is 59.9 cm³/mol. The molecule has 1 heterocycles. The number of rotatable bonds is 1. The molecule has 0 aliphatic carbocycles. The largest absolute Gasteiger partial charge is 0.487 e. The summed E-state index contributed by atoms with van der Waals surface area (Å²) in [4.78, 5) is 11.0. The van der Waals surface area contributed by atoms with Crippen molar-refractivity contribution in [3.63, 3.8) is 0 Å². The maximum absolute atomic E-state index is 11.0. The maximum Gasteiger partial charge on any atom is 0.412 e.